The maximum absolute atomic E-state index is 2.36. The molecule has 0 amide bonds. The maximum atomic E-state index is 2.36. The van der Waals surface area contributed by atoms with Crippen LogP contribution in [0.2, 0.25) is 0 Å². The van der Waals surface area contributed by atoms with Crippen molar-refractivity contribution in [1.82, 2.24) is 0 Å². The van der Waals surface area contributed by atoms with E-state index in [1.807, 2.05) is 0 Å². The standard InChI is InChI=1S/C21H28.C19H24.C18H22/c1-13-9-15(3)17(5)19(11-13)21(7,8)20-12-14(2)10-16(4)18(20)6;1-12-7-14(3)16(5)18(9-12)11-19-10-13(2)8-15(4)17(19)6;1-11-7-13(3)15(5)17(9-11)18-10-12(2)8-14(4)16(18)6/h9-12H,1-8H3;7-10H,11H2,1-6H3;7-10H,1-6H3. The van der Waals surface area contributed by atoms with E-state index in [0.29, 0.717) is 0 Å². The van der Waals surface area contributed by atoms with Crippen molar-refractivity contribution in [1.29, 1.82) is 0 Å². The average molecular weight is 771 g/mol. The van der Waals surface area contributed by atoms with E-state index in [4.69, 9.17) is 0 Å². The smallest absolute Gasteiger partial charge is 0.0152 e. The Hall–Kier alpha value is -4.68. The van der Waals surface area contributed by atoms with Crippen molar-refractivity contribution >= 4 is 0 Å². The molecule has 0 saturated heterocycles. The normalized spacial score (nSPS) is 11.2. The predicted octanol–water partition coefficient (Wildman–Crippen LogP) is 16.2. The number of rotatable bonds is 5. The molecule has 6 aromatic rings. The van der Waals surface area contributed by atoms with E-state index in [2.05, 4.69) is 211 Å². The first-order valence-corrected chi connectivity index (χ1v) is 21.4. The highest BCUT2D eigenvalue weighted by Crippen LogP contribution is 2.38. The van der Waals surface area contributed by atoms with Crippen LogP contribution in [0.3, 0.4) is 0 Å². The molecule has 0 aliphatic carbocycles. The van der Waals surface area contributed by atoms with Crippen LogP contribution in [0, 0.1) is 125 Å². The molecule has 0 N–H and O–H groups in total. The molecule has 0 saturated carbocycles. The zero-order valence-corrected chi connectivity index (χ0v) is 40.1. The first kappa shape index (κ1) is 46.0. The second-order valence-corrected chi connectivity index (χ2v) is 18.6. The first-order valence-electron chi connectivity index (χ1n) is 21.4. The van der Waals surface area contributed by atoms with E-state index < -0.39 is 0 Å². The lowest BCUT2D eigenvalue weighted by Gasteiger charge is -2.31. The van der Waals surface area contributed by atoms with Crippen LogP contribution in [-0.4, -0.2) is 0 Å². The van der Waals surface area contributed by atoms with Gasteiger partial charge in [-0.2, -0.15) is 0 Å². The lowest BCUT2D eigenvalue weighted by molar-refractivity contribution is 0.628. The molecule has 0 atom stereocenters. The second-order valence-electron chi connectivity index (χ2n) is 18.6. The highest BCUT2D eigenvalue weighted by Gasteiger charge is 2.28. The van der Waals surface area contributed by atoms with Gasteiger partial charge in [0.05, 0.1) is 0 Å². The van der Waals surface area contributed by atoms with Crippen molar-refractivity contribution in [3.05, 3.63) is 195 Å². The summed E-state index contributed by atoms with van der Waals surface area (Å²) in [5, 5.41) is 0. The SMILES string of the molecule is Cc1cc(C)c(C)c(-c2cc(C)cc(C)c2C)c1.Cc1cc(C)c(C)c(C(C)(C)c2cc(C)cc(C)c2C)c1.Cc1cc(C)c(C)c(Cc2cc(C)cc(C)c2C)c1. The molecule has 0 nitrogen and oxygen atoms in total. The van der Waals surface area contributed by atoms with Gasteiger partial charge < -0.3 is 0 Å². The fourth-order valence-corrected chi connectivity index (χ4v) is 8.99. The fraction of sp³-hybridized carbons (Fsp3) is 0.379. The molecule has 0 aliphatic rings. The van der Waals surface area contributed by atoms with Gasteiger partial charge in [-0.05, 0) is 231 Å². The van der Waals surface area contributed by atoms with Crippen LogP contribution in [0.1, 0.15) is 136 Å². The monoisotopic (exact) mass is 771 g/mol. The Morgan fingerprint density at radius 2 is 0.517 bits per heavy atom. The highest BCUT2D eigenvalue weighted by atomic mass is 14.3. The number of hydrogen-bond donors (Lipinski definition) is 0. The van der Waals surface area contributed by atoms with E-state index in [-0.39, 0.29) is 5.41 Å². The number of hydrogen-bond acceptors (Lipinski definition) is 0. The van der Waals surface area contributed by atoms with Crippen LogP contribution >= 0.6 is 0 Å². The lowest BCUT2D eigenvalue weighted by atomic mass is 9.72. The molecule has 0 heteroatoms. The summed E-state index contributed by atoms with van der Waals surface area (Å²) in [6.45, 7) is 44.5. The molecule has 6 rings (SSSR count). The van der Waals surface area contributed by atoms with E-state index in [1.165, 1.54) is 134 Å². The van der Waals surface area contributed by atoms with Gasteiger partial charge in [0.1, 0.15) is 0 Å². The average Bonchev–Trinajstić information content (AvgIpc) is 3.12. The summed E-state index contributed by atoms with van der Waals surface area (Å²) in [7, 11) is 0. The number of benzene rings is 6. The molecule has 6 aromatic carbocycles. The predicted molar refractivity (Wildman–Crippen MR) is 258 cm³/mol. The van der Waals surface area contributed by atoms with Crippen LogP contribution in [-0.2, 0) is 11.8 Å². The van der Waals surface area contributed by atoms with Gasteiger partial charge in [-0.1, -0.05) is 120 Å². The van der Waals surface area contributed by atoms with E-state index >= 15 is 0 Å². The molecule has 0 bridgehead atoms. The van der Waals surface area contributed by atoms with Crippen molar-refractivity contribution in [2.45, 2.75) is 150 Å². The van der Waals surface area contributed by atoms with Gasteiger partial charge in [-0.3, -0.25) is 0 Å². The molecule has 0 radical (unpaired) electrons. The van der Waals surface area contributed by atoms with Crippen molar-refractivity contribution in [3.8, 4) is 11.1 Å². The van der Waals surface area contributed by atoms with Crippen LogP contribution in [0.4, 0.5) is 0 Å². The van der Waals surface area contributed by atoms with Gasteiger partial charge in [0.25, 0.3) is 0 Å². The zero-order chi connectivity index (χ0) is 43.5. The quantitative estimate of drug-likeness (QED) is 0.164. The van der Waals surface area contributed by atoms with Crippen molar-refractivity contribution in [2.24, 2.45) is 0 Å². The minimum atomic E-state index is 0.0295. The minimum absolute atomic E-state index is 0.0295. The van der Waals surface area contributed by atoms with Crippen LogP contribution in [0.5, 0.6) is 0 Å². The van der Waals surface area contributed by atoms with E-state index in [1.54, 1.807) is 0 Å². The molecule has 58 heavy (non-hydrogen) atoms. The number of aryl methyl sites for hydroxylation is 12. The molecular formula is C58H74. The molecule has 0 spiro atoms. The fourth-order valence-electron chi connectivity index (χ4n) is 8.99. The summed E-state index contributed by atoms with van der Waals surface area (Å²) in [5.74, 6) is 0. The third-order valence-electron chi connectivity index (χ3n) is 13.1. The minimum Gasteiger partial charge on any atom is -0.0561 e. The Kier molecular flexibility index (Phi) is 14.7. The Labute approximate surface area is 355 Å². The third-order valence-corrected chi connectivity index (χ3v) is 13.1. The van der Waals surface area contributed by atoms with Crippen molar-refractivity contribution < 1.29 is 0 Å². The van der Waals surface area contributed by atoms with E-state index in [9.17, 15) is 0 Å². The van der Waals surface area contributed by atoms with Crippen LogP contribution in [0.15, 0.2) is 72.8 Å². The Morgan fingerprint density at radius 3 is 0.828 bits per heavy atom. The van der Waals surface area contributed by atoms with Gasteiger partial charge in [0.15, 0.2) is 0 Å². The summed E-state index contributed by atoms with van der Waals surface area (Å²) in [5.41, 5.74) is 33.6. The molecule has 0 aromatic heterocycles. The molecule has 0 aliphatic heterocycles. The van der Waals surface area contributed by atoms with Gasteiger partial charge >= 0.3 is 0 Å². The lowest BCUT2D eigenvalue weighted by Crippen LogP contribution is -2.23. The summed E-state index contributed by atoms with van der Waals surface area (Å²) in [6, 6.07) is 27.6. The van der Waals surface area contributed by atoms with Gasteiger partial charge in [0.2, 0.25) is 0 Å². The molecular weight excluding hydrogens is 697 g/mol. The Bertz CT molecular complexity index is 2290. The largest absolute Gasteiger partial charge is 0.0561 e. The summed E-state index contributed by atoms with van der Waals surface area (Å²) in [6.07, 6.45) is 1.04. The van der Waals surface area contributed by atoms with Gasteiger partial charge in [-0.25, -0.2) is 0 Å². The maximum Gasteiger partial charge on any atom is 0.0152 e. The zero-order valence-electron chi connectivity index (χ0n) is 40.1. The molecule has 0 fully saturated rings. The third kappa shape index (κ3) is 10.5. The van der Waals surface area contributed by atoms with Gasteiger partial charge in [-0.15, -0.1) is 0 Å². The van der Waals surface area contributed by atoms with Crippen LogP contribution < -0.4 is 0 Å². The molecule has 306 valence electrons. The van der Waals surface area contributed by atoms with Crippen molar-refractivity contribution in [2.75, 3.05) is 0 Å². The second kappa shape index (κ2) is 18.5. The first-order chi connectivity index (χ1) is 26.9. The summed E-state index contributed by atoms with van der Waals surface area (Å²) >= 11 is 0. The highest BCUT2D eigenvalue weighted by molar-refractivity contribution is 5.74. The van der Waals surface area contributed by atoms with E-state index in [0.717, 1.165) is 6.42 Å². The molecule has 0 unspecified atom stereocenters. The topological polar surface area (TPSA) is 0 Å². The van der Waals surface area contributed by atoms with Crippen LogP contribution in [0.25, 0.3) is 11.1 Å². The summed E-state index contributed by atoms with van der Waals surface area (Å²) in [4.78, 5) is 0. The Morgan fingerprint density at radius 1 is 0.276 bits per heavy atom. The van der Waals surface area contributed by atoms with Gasteiger partial charge in [0, 0.05) is 5.41 Å². The van der Waals surface area contributed by atoms with Crippen molar-refractivity contribution in [3.63, 3.8) is 0 Å². The Balaban J connectivity index is 0.000000193. The molecule has 0 heterocycles. The summed E-state index contributed by atoms with van der Waals surface area (Å²) < 4.78 is 0.